The molecule has 0 fully saturated rings. The summed E-state index contributed by atoms with van der Waals surface area (Å²) in [5.41, 5.74) is 1.31. The topological polar surface area (TPSA) is 73.3 Å². The third-order valence-electron chi connectivity index (χ3n) is 3.66. The monoisotopic (exact) mass is 387 g/mol. The number of hydrogen-bond acceptors (Lipinski definition) is 6. The van der Waals surface area contributed by atoms with Crippen LogP contribution in [0.2, 0.25) is 5.15 Å². The molecule has 0 spiro atoms. The van der Waals surface area contributed by atoms with E-state index < -0.39 is 11.8 Å². The maximum atomic E-state index is 13.5. The van der Waals surface area contributed by atoms with Crippen LogP contribution < -0.4 is 10.1 Å². The fraction of sp³-hybridized carbons (Fsp3) is 0.105. The van der Waals surface area contributed by atoms with Crippen LogP contribution in [-0.4, -0.2) is 30.2 Å². The molecule has 27 heavy (non-hydrogen) atoms. The van der Waals surface area contributed by atoms with Crippen LogP contribution in [0, 0.1) is 5.82 Å². The summed E-state index contributed by atoms with van der Waals surface area (Å²) in [7, 11) is 2.80. The largest absolute Gasteiger partial charge is 0.495 e. The van der Waals surface area contributed by atoms with Crippen molar-refractivity contribution >= 4 is 29.1 Å². The molecule has 3 rings (SSSR count). The minimum absolute atomic E-state index is 0.176. The van der Waals surface area contributed by atoms with Gasteiger partial charge in [-0.3, -0.25) is 0 Å². The molecule has 3 aromatic rings. The molecule has 0 bridgehead atoms. The number of nitrogens with zero attached hydrogens (tertiary/aromatic N) is 2. The Morgan fingerprint density at radius 3 is 2.63 bits per heavy atom. The van der Waals surface area contributed by atoms with Crippen molar-refractivity contribution in [1.29, 1.82) is 0 Å². The van der Waals surface area contributed by atoms with Crippen LogP contribution in [0.3, 0.4) is 0 Å². The second-order valence-corrected chi connectivity index (χ2v) is 5.83. The zero-order valence-corrected chi connectivity index (χ0v) is 15.2. The van der Waals surface area contributed by atoms with E-state index in [-0.39, 0.29) is 11.0 Å². The van der Waals surface area contributed by atoms with Crippen LogP contribution >= 0.6 is 11.6 Å². The van der Waals surface area contributed by atoms with Crippen LogP contribution in [0.1, 0.15) is 10.4 Å². The highest BCUT2D eigenvalue weighted by atomic mass is 35.5. The van der Waals surface area contributed by atoms with Crippen molar-refractivity contribution in [3.05, 3.63) is 65.1 Å². The molecule has 0 aliphatic heterocycles. The molecule has 1 aromatic heterocycles. The van der Waals surface area contributed by atoms with E-state index in [4.69, 9.17) is 21.1 Å². The number of carbonyl (C=O) groups excluding carboxylic acids is 1. The van der Waals surface area contributed by atoms with Crippen LogP contribution in [0.25, 0.3) is 11.4 Å². The fourth-order valence-corrected chi connectivity index (χ4v) is 2.61. The zero-order chi connectivity index (χ0) is 19.4. The molecule has 1 heterocycles. The Morgan fingerprint density at radius 1 is 1.11 bits per heavy atom. The van der Waals surface area contributed by atoms with Gasteiger partial charge < -0.3 is 14.8 Å². The first-order valence-electron chi connectivity index (χ1n) is 7.84. The lowest BCUT2D eigenvalue weighted by Gasteiger charge is -2.13. The van der Waals surface area contributed by atoms with Crippen molar-refractivity contribution in [2.45, 2.75) is 0 Å². The summed E-state index contributed by atoms with van der Waals surface area (Å²) in [5.74, 6) is 0.215. The Labute approximate surface area is 159 Å². The maximum absolute atomic E-state index is 13.5. The normalized spacial score (nSPS) is 10.4. The number of hydrogen-bond donors (Lipinski definition) is 1. The molecule has 0 atom stereocenters. The highest BCUT2D eigenvalue weighted by Crippen LogP contribution is 2.30. The Bertz CT molecular complexity index is 998. The molecule has 1 N–H and O–H groups in total. The number of ether oxygens (including phenoxy) is 2. The van der Waals surface area contributed by atoms with Gasteiger partial charge in [-0.2, -0.15) is 0 Å². The lowest BCUT2D eigenvalue weighted by Crippen LogP contribution is -2.04. The Morgan fingerprint density at radius 2 is 1.93 bits per heavy atom. The van der Waals surface area contributed by atoms with E-state index in [9.17, 15) is 9.18 Å². The van der Waals surface area contributed by atoms with Gasteiger partial charge in [-0.1, -0.05) is 23.7 Å². The highest BCUT2D eigenvalue weighted by Gasteiger charge is 2.13. The predicted octanol–water partition coefficient (Wildman–Crippen LogP) is 4.47. The molecular weight excluding hydrogens is 373 g/mol. The van der Waals surface area contributed by atoms with Crippen LogP contribution in [-0.2, 0) is 4.74 Å². The number of halogens is 2. The summed E-state index contributed by atoms with van der Waals surface area (Å²) < 4.78 is 23.5. The van der Waals surface area contributed by atoms with Crippen molar-refractivity contribution in [3.63, 3.8) is 0 Å². The number of carbonyl (C=O) groups is 1. The first kappa shape index (κ1) is 18.6. The smallest absolute Gasteiger partial charge is 0.337 e. The predicted molar refractivity (Wildman–Crippen MR) is 100 cm³/mol. The molecule has 2 aromatic carbocycles. The van der Waals surface area contributed by atoms with E-state index in [1.165, 1.54) is 32.4 Å². The van der Waals surface area contributed by atoms with Gasteiger partial charge in [-0.25, -0.2) is 19.2 Å². The molecule has 6 nitrogen and oxygen atoms in total. The van der Waals surface area contributed by atoms with Gasteiger partial charge in [0.2, 0.25) is 0 Å². The number of aromatic nitrogens is 2. The fourth-order valence-electron chi connectivity index (χ4n) is 2.43. The van der Waals surface area contributed by atoms with Crippen LogP contribution in [0.4, 0.5) is 15.9 Å². The molecule has 8 heteroatoms. The summed E-state index contributed by atoms with van der Waals surface area (Å²) in [6.07, 6.45) is 0. The summed E-state index contributed by atoms with van der Waals surface area (Å²) in [6.45, 7) is 0. The van der Waals surface area contributed by atoms with E-state index in [1.807, 2.05) is 0 Å². The standard InChI is InChI=1S/C19H15ClFN3O3/c1-26-15-7-6-12(19(25)27-2)9-14(15)22-17-10-16(20)23-18(24-17)11-4-3-5-13(21)8-11/h3-10H,1-2H3,(H,22,23,24). The minimum Gasteiger partial charge on any atom is -0.495 e. The second-order valence-electron chi connectivity index (χ2n) is 5.44. The van der Waals surface area contributed by atoms with E-state index in [2.05, 4.69) is 15.3 Å². The van der Waals surface area contributed by atoms with Crippen LogP contribution in [0.5, 0.6) is 5.75 Å². The molecule has 0 aliphatic rings. The molecule has 0 saturated heterocycles. The van der Waals surface area contributed by atoms with Crippen molar-refractivity contribution in [2.75, 3.05) is 19.5 Å². The third-order valence-corrected chi connectivity index (χ3v) is 3.85. The average Bonchev–Trinajstić information content (AvgIpc) is 2.67. The SMILES string of the molecule is COC(=O)c1ccc(OC)c(Nc2cc(Cl)nc(-c3cccc(F)c3)n2)c1. The van der Waals surface area contributed by atoms with Gasteiger partial charge in [0.05, 0.1) is 25.5 Å². The average molecular weight is 388 g/mol. The number of rotatable bonds is 5. The highest BCUT2D eigenvalue weighted by molar-refractivity contribution is 6.29. The van der Waals surface area contributed by atoms with Gasteiger partial charge >= 0.3 is 5.97 Å². The number of esters is 1. The lowest BCUT2D eigenvalue weighted by atomic mass is 10.2. The minimum atomic E-state index is -0.484. The Balaban J connectivity index is 1.99. The molecule has 0 aliphatic carbocycles. The van der Waals surface area contributed by atoms with Crippen molar-refractivity contribution in [2.24, 2.45) is 0 Å². The summed E-state index contributed by atoms with van der Waals surface area (Å²) in [5, 5.41) is 3.22. The number of nitrogens with one attached hydrogen (secondary N) is 1. The lowest BCUT2D eigenvalue weighted by molar-refractivity contribution is 0.0600. The molecule has 0 saturated carbocycles. The summed E-state index contributed by atoms with van der Waals surface area (Å²) in [4.78, 5) is 20.3. The quantitative estimate of drug-likeness (QED) is 0.514. The van der Waals surface area contributed by atoms with Gasteiger partial charge in [-0.15, -0.1) is 0 Å². The van der Waals surface area contributed by atoms with Gasteiger partial charge in [0.15, 0.2) is 5.82 Å². The summed E-state index contributed by atoms with van der Waals surface area (Å²) in [6, 6.07) is 12.2. The molecule has 0 amide bonds. The van der Waals surface area contributed by atoms with Gasteiger partial charge in [0.25, 0.3) is 0 Å². The third kappa shape index (κ3) is 4.32. The number of methoxy groups -OCH3 is 2. The number of benzene rings is 2. The zero-order valence-electron chi connectivity index (χ0n) is 14.5. The van der Waals surface area contributed by atoms with Crippen LogP contribution in [0.15, 0.2) is 48.5 Å². The second kappa shape index (κ2) is 8.01. The van der Waals surface area contributed by atoms with E-state index in [0.717, 1.165) is 0 Å². The van der Waals surface area contributed by atoms with Crippen molar-refractivity contribution < 1.29 is 18.7 Å². The van der Waals surface area contributed by atoms with Crippen molar-refractivity contribution in [1.82, 2.24) is 9.97 Å². The van der Waals surface area contributed by atoms with Gasteiger partial charge in [0, 0.05) is 11.6 Å². The molecule has 138 valence electrons. The van der Waals surface area contributed by atoms with Gasteiger partial charge in [0.1, 0.15) is 22.5 Å². The Hall–Kier alpha value is -3.19. The number of anilines is 2. The Kier molecular flexibility index (Phi) is 5.52. The van der Waals surface area contributed by atoms with E-state index in [0.29, 0.717) is 28.4 Å². The van der Waals surface area contributed by atoms with E-state index in [1.54, 1.807) is 30.3 Å². The van der Waals surface area contributed by atoms with E-state index >= 15 is 0 Å². The van der Waals surface area contributed by atoms with Crippen molar-refractivity contribution in [3.8, 4) is 17.1 Å². The molecular formula is C19H15ClFN3O3. The maximum Gasteiger partial charge on any atom is 0.337 e. The summed E-state index contributed by atoms with van der Waals surface area (Å²) >= 11 is 6.09. The van der Waals surface area contributed by atoms with Gasteiger partial charge in [-0.05, 0) is 30.3 Å². The first-order valence-corrected chi connectivity index (χ1v) is 8.22. The molecule has 0 unspecified atom stereocenters. The first-order chi connectivity index (χ1) is 13.0. The molecule has 0 radical (unpaired) electrons.